The molecule has 3 aliphatic carbocycles. The molecule has 0 aliphatic heterocycles. The predicted octanol–water partition coefficient (Wildman–Crippen LogP) is 9.74. The Balaban J connectivity index is 0.000000174. The number of primary amides is 1. The van der Waals surface area contributed by atoms with Gasteiger partial charge in [-0.1, -0.05) is 106 Å². The minimum Gasteiger partial charge on any atom is -0.378 e. The van der Waals surface area contributed by atoms with Crippen LogP contribution in [0.4, 0.5) is 0 Å². The highest BCUT2D eigenvalue weighted by molar-refractivity contribution is 6.31. The molecule has 3 saturated carbocycles. The summed E-state index contributed by atoms with van der Waals surface area (Å²) in [6, 6.07) is 31.5. The summed E-state index contributed by atoms with van der Waals surface area (Å²) in [5, 5.41) is 40.3. The molecular formula is C56H54Cl4N4O6. The molecule has 14 heteroatoms. The van der Waals surface area contributed by atoms with Gasteiger partial charge in [0, 0.05) is 91.1 Å². The summed E-state index contributed by atoms with van der Waals surface area (Å²) in [6.07, 6.45) is 10.8. The number of hydrogen-bond donors (Lipinski definition) is 6. The molecule has 3 amide bonds. The van der Waals surface area contributed by atoms with Crippen LogP contribution >= 0.6 is 46.4 Å². The van der Waals surface area contributed by atoms with Gasteiger partial charge in [0.1, 0.15) is 16.8 Å². The average Bonchev–Trinajstić information content (AvgIpc) is 3.33. The number of aliphatic hydroxyl groups is 3. The lowest BCUT2D eigenvalue weighted by atomic mass is 9.78. The molecule has 0 spiro atoms. The van der Waals surface area contributed by atoms with E-state index in [0.29, 0.717) is 69.7 Å². The van der Waals surface area contributed by atoms with Gasteiger partial charge < -0.3 is 31.7 Å². The zero-order valence-electron chi connectivity index (χ0n) is 38.4. The quantitative estimate of drug-likeness (QED) is 0.0951. The number of aromatic nitrogens is 1. The second-order valence-corrected chi connectivity index (χ2v) is 19.6. The molecule has 0 radical (unpaired) electrons. The monoisotopic (exact) mass is 1020 g/mol. The molecule has 6 atom stereocenters. The zero-order valence-corrected chi connectivity index (χ0v) is 41.4. The van der Waals surface area contributed by atoms with E-state index in [4.69, 9.17) is 52.1 Å². The zero-order chi connectivity index (χ0) is 50.2. The van der Waals surface area contributed by atoms with Crippen LogP contribution in [0.15, 0.2) is 122 Å². The number of amides is 3. The Kier molecular flexibility index (Phi) is 19.4. The summed E-state index contributed by atoms with van der Waals surface area (Å²) < 4.78 is 0. The molecule has 0 unspecified atom stereocenters. The summed E-state index contributed by atoms with van der Waals surface area (Å²) >= 11 is 23.7. The Bertz CT molecular complexity index is 2830. The summed E-state index contributed by atoms with van der Waals surface area (Å²) in [6.45, 7) is 0. The highest BCUT2D eigenvalue weighted by Crippen LogP contribution is 2.33. The van der Waals surface area contributed by atoms with Gasteiger partial charge in [-0.25, -0.2) is 0 Å². The maximum atomic E-state index is 12.4. The topological polar surface area (TPSA) is 175 Å². The second-order valence-electron chi connectivity index (χ2n) is 17.9. The second kappa shape index (κ2) is 25.3. The molecule has 362 valence electrons. The number of nitrogens with zero attached hydrogens (tertiary/aromatic N) is 1. The number of benzene rings is 4. The first-order chi connectivity index (χ1) is 33.5. The van der Waals surface area contributed by atoms with Crippen LogP contribution < -0.4 is 16.4 Å². The first-order valence-corrected chi connectivity index (χ1v) is 24.6. The Morgan fingerprint density at radius 1 is 0.529 bits per heavy atom. The first kappa shape index (κ1) is 53.5. The van der Waals surface area contributed by atoms with Crippen molar-refractivity contribution in [2.75, 3.05) is 0 Å². The fourth-order valence-corrected chi connectivity index (χ4v) is 9.28. The van der Waals surface area contributed by atoms with E-state index in [0.717, 1.165) is 55.2 Å². The SMILES string of the molecule is NC(=O)[C@H]1CCC[C@@](O)(C#Cc2cccc(Cl)c2)C1.O=C(N[C@H]1CCC[C@@](O)(C#Cc2cccc(Cl)c2)C1)c1cccc(Cl)c1.O=C(N[C@H]1CCC[C@@](O)(C#Cc2cccc(Cl)c2)C1)c1ccncc1. The number of halogens is 4. The third-order valence-electron chi connectivity index (χ3n) is 12.1. The smallest absolute Gasteiger partial charge is 0.251 e. The summed E-state index contributed by atoms with van der Waals surface area (Å²) in [4.78, 5) is 39.8. The van der Waals surface area contributed by atoms with Crippen molar-refractivity contribution >= 4 is 64.1 Å². The number of carbonyl (C=O) groups is 3. The van der Waals surface area contributed by atoms with Crippen molar-refractivity contribution in [2.45, 2.75) is 106 Å². The molecule has 7 N–H and O–H groups in total. The summed E-state index contributed by atoms with van der Waals surface area (Å²) in [5.74, 6) is 16.7. The van der Waals surface area contributed by atoms with Gasteiger partial charge in [-0.05, 0) is 149 Å². The molecule has 0 saturated heterocycles. The highest BCUT2D eigenvalue weighted by Gasteiger charge is 2.36. The number of nitrogens with one attached hydrogen (secondary N) is 2. The maximum Gasteiger partial charge on any atom is 0.251 e. The standard InChI is InChI=1S/C21H19Cl2NO2.C20H19ClN2O2.C15H16ClNO2/c22-17-6-1-4-15(12-17)9-11-21(26)10-3-8-19(14-21)24-20(25)16-5-2-7-18(23)13-16;21-17-4-1-3-15(13-17)6-10-20(25)9-2-5-18(14-20)23-19(24)16-7-11-22-12-8-16;16-13-5-1-3-11(9-13)6-8-15(19)7-2-4-12(10-15)14(17)18/h1-2,4-7,12-13,19,26H,3,8,10,14H2,(H,24,25);1,3-4,7-8,11-13,18,25H,2,5,9,14H2,(H,23,24);1,3,5,9,12,19H,2,4,7,10H2,(H2,17,18)/t19-,21+;18-,20+;12-,15+/m000/s1. The van der Waals surface area contributed by atoms with Crippen molar-refractivity contribution in [3.63, 3.8) is 0 Å². The van der Waals surface area contributed by atoms with E-state index in [1.807, 2.05) is 36.4 Å². The van der Waals surface area contributed by atoms with Crippen molar-refractivity contribution in [3.05, 3.63) is 169 Å². The maximum absolute atomic E-state index is 12.4. The van der Waals surface area contributed by atoms with E-state index >= 15 is 0 Å². The van der Waals surface area contributed by atoms with Crippen molar-refractivity contribution in [1.82, 2.24) is 15.6 Å². The molecule has 0 bridgehead atoms. The fourth-order valence-electron chi connectivity index (χ4n) is 8.52. The van der Waals surface area contributed by atoms with Crippen LogP contribution in [0, 0.1) is 41.4 Å². The lowest BCUT2D eigenvalue weighted by molar-refractivity contribution is -0.125. The van der Waals surface area contributed by atoms with Crippen molar-refractivity contribution in [2.24, 2.45) is 11.7 Å². The molecule has 1 aromatic heterocycles. The molecule has 5 aromatic rings. The van der Waals surface area contributed by atoms with Crippen molar-refractivity contribution in [1.29, 1.82) is 0 Å². The van der Waals surface area contributed by atoms with E-state index in [1.165, 1.54) is 0 Å². The Morgan fingerprint density at radius 3 is 1.33 bits per heavy atom. The number of hydrogen-bond acceptors (Lipinski definition) is 7. The number of nitrogens with two attached hydrogens (primary N) is 1. The van der Waals surface area contributed by atoms with Crippen LogP contribution in [0.1, 0.15) is 114 Å². The number of pyridine rings is 1. The van der Waals surface area contributed by atoms with Crippen molar-refractivity contribution < 1.29 is 29.7 Å². The third kappa shape index (κ3) is 17.2. The van der Waals surface area contributed by atoms with Gasteiger partial charge in [-0.2, -0.15) is 0 Å². The Morgan fingerprint density at radius 2 is 0.914 bits per heavy atom. The summed E-state index contributed by atoms with van der Waals surface area (Å²) in [5.41, 5.74) is 5.31. The minimum absolute atomic E-state index is 0.104. The normalized spacial score (nSPS) is 23.4. The van der Waals surface area contributed by atoms with Gasteiger partial charge in [-0.3, -0.25) is 19.4 Å². The van der Waals surface area contributed by atoms with Gasteiger partial charge in [0.15, 0.2) is 0 Å². The predicted molar refractivity (Wildman–Crippen MR) is 276 cm³/mol. The molecular weight excluding hydrogens is 966 g/mol. The lowest BCUT2D eigenvalue weighted by Gasteiger charge is -2.33. The average molecular weight is 1020 g/mol. The minimum atomic E-state index is -1.12. The van der Waals surface area contributed by atoms with E-state index in [2.05, 4.69) is 51.1 Å². The van der Waals surface area contributed by atoms with Gasteiger partial charge in [0.25, 0.3) is 11.8 Å². The van der Waals surface area contributed by atoms with E-state index in [1.54, 1.807) is 85.2 Å². The Hall–Kier alpha value is -5.84. The van der Waals surface area contributed by atoms with Gasteiger partial charge in [0.2, 0.25) is 5.91 Å². The summed E-state index contributed by atoms with van der Waals surface area (Å²) in [7, 11) is 0. The molecule has 10 nitrogen and oxygen atoms in total. The number of rotatable bonds is 5. The number of carbonyl (C=O) groups excluding carboxylic acids is 3. The highest BCUT2D eigenvalue weighted by atomic mass is 35.5. The van der Waals surface area contributed by atoms with Crippen LogP contribution in [0.3, 0.4) is 0 Å². The Labute approximate surface area is 429 Å². The first-order valence-electron chi connectivity index (χ1n) is 23.1. The van der Waals surface area contributed by atoms with Gasteiger partial charge in [-0.15, -0.1) is 0 Å². The largest absolute Gasteiger partial charge is 0.378 e. The fraction of sp³-hybridized carbons (Fsp3) is 0.321. The van der Waals surface area contributed by atoms with Crippen LogP contribution in [0.25, 0.3) is 0 Å². The molecule has 4 aromatic carbocycles. The third-order valence-corrected chi connectivity index (χ3v) is 13.0. The molecule has 3 aliphatic rings. The molecule has 3 fully saturated rings. The van der Waals surface area contributed by atoms with Crippen molar-refractivity contribution in [3.8, 4) is 35.5 Å². The van der Waals surface area contributed by atoms with Gasteiger partial charge in [0.05, 0.1) is 0 Å². The van der Waals surface area contributed by atoms with Crippen LogP contribution in [0.2, 0.25) is 20.1 Å². The molecule has 70 heavy (non-hydrogen) atoms. The lowest BCUT2D eigenvalue weighted by Crippen LogP contribution is -2.45. The van der Waals surface area contributed by atoms with Crippen LogP contribution in [-0.2, 0) is 4.79 Å². The van der Waals surface area contributed by atoms with Gasteiger partial charge >= 0.3 is 0 Å². The van der Waals surface area contributed by atoms with E-state index in [-0.39, 0.29) is 35.7 Å². The van der Waals surface area contributed by atoms with E-state index in [9.17, 15) is 29.7 Å². The molecule has 1 heterocycles. The molecule has 8 rings (SSSR count). The van der Waals surface area contributed by atoms with Crippen LogP contribution in [0.5, 0.6) is 0 Å². The van der Waals surface area contributed by atoms with E-state index < -0.39 is 16.8 Å². The van der Waals surface area contributed by atoms with Crippen LogP contribution in [-0.4, -0.2) is 66.9 Å².